The van der Waals surface area contributed by atoms with Crippen LogP contribution in [0, 0.1) is 5.92 Å². The number of carbonyl (C=O) groups excluding carboxylic acids is 1. The average Bonchev–Trinajstić information content (AvgIpc) is 2.88. The molecule has 1 N–H and O–H groups in total. The van der Waals surface area contributed by atoms with Gasteiger partial charge in [0.05, 0.1) is 37.6 Å². The molecule has 3 rings (SSSR count). The number of rotatable bonds is 12. The number of benzene rings is 1. The second-order valence-corrected chi connectivity index (χ2v) is 10.3. The van der Waals surface area contributed by atoms with Crippen molar-refractivity contribution in [3.05, 3.63) is 47.7 Å². The summed E-state index contributed by atoms with van der Waals surface area (Å²) in [5.74, 6) is 1.14. The van der Waals surface area contributed by atoms with Crippen molar-refractivity contribution in [2.75, 3.05) is 38.1 Å². The second kappa shape index (κ2) is 13.6. The molecule has 1 atom stereocenters. The normalized spacial score (nSPS) is 18.6. The van der Waals surface area contributed by atoms with Gasteiger partial charge in [0.1, 0.15) is 5.82 Å². The molecule has 7 heteroatoms. The van der Waals surface area contributed by atoms with E-state index in [0.717, 1.165) is 54.9 Å². The van der Waals surface area contributed by atoms with Crippen LogP contribution in [0.2, 0.25) is 0 Å². The van der Waals surface area contributed by atoms with Gasteiger partial charge in [0.15, 0.2) is 0 Å². The lowest BCUT2D eigenvalue weighted by Crippen LogP contribution is -2.41. The number of aromatic nitrogens is 1. The van der Waals surface area contributed by atoms with Gasteiger partial charge in [0, 0.05) is 33.0 Å². The smallest absolute Gasteiger partial charge is 0.306 e. The number of ether oxygens (including phenoxy) is 3. The number of hydrogen-bond donors (Lipinski definition) is 1. The van der Waals surface area contributed by atoms with Gasteiger partial charge in [-0.05, 0) is 66.8 Å². The first kappa shape index (κ1) is 27.9. The Morgan fingerprint density at radius 1 is 1.08 bits per heavy atom. The molecule has 0 aliphatic heterocycles. The van der Waals surface area contributed by atoms with E-state index in [4.69, 9.17) is 14.2 Å². The number of hydrogen-bond acceptors (Lipinski definition) is 7. The molecule has 1 saturated carbocycles. The minimum Gasteiger partial charge on any atom is -0.469 e. The number of methoxy groups -OCH3 is 3. The van der Waals surface area contributed by atoms with Crippen molar-refractivity contribution in [2.24, 2.45) is 5.92 Å². The number of pyridine rings is 1. The van der Waals surface area contributed by atoms with Gasteiger partial charge in [-0.15, -0.1) is 0 Å². The summed E-state index contributed by atoms with van der Waals surface area (Å²) in [4.78, 5) is 19.1. The van der Waals surface area contributed by atoms with Crippen LogP contribution in [-0.2, 0) is 25.6 Å². The van der Waals surface area contributed by atoms with Crippen LogP contribution in [0.4, 0.5) is 17.2 Å². The highest BCUT2D eigenvalue weighted by Gasteiger charge is 2.28. The van der Waals surface area contributed by atoms with Gasteiger partial charge in [-0.3, -0.25) is 4.79 Å². The standard InChI is InChI=1S/C29H43N3O4/c1-20(2)18-32(24-9-11-25(35-5)12-10-24)27-13-8-23(21(3)15-29(33)36-6)16-26(27)31-28-14-7-22(17-30-28)19-34-4/h7-8,13-14,16-17,20-21,24-25H,9-12,15,18-19H2,1-6H3,(H,30,31)/t21-,24?,25?/m1/s1. The van der Waals surface area contributed by atoms with Gasteiger partial charge in [-0.1, -0.05) is 32.9 Å². The van der Waals surface area contributed by atoms with Crippen molar-refractivity contribution < 1.29 is 19.0 Å². The van der Waals surface area contributed by atoms with E-state index in [9.17, 15) is 4.79 Å². The highest BCUT2D eigenvalue weighted by Crippen LogP contribution is 2.37. The number of nitrogens with one attached hydrogen (secondary N) is 1. The van der Waals surface area contributed by atoms with E-state index >= 15 is 0 Å². The first-order valence-corrected chi connectivity index (χ1v) is 13.1. The van der Waals surface area contributed by atoms with Gasteiger partial charge in [0.2, 0.25) is 0 Å². The van der Waals surface area contributed by atoms with Crippen LogP contribution in [0.5, 0.6) is 0 Å². The number of esters is 1. The van der Waals surface area contributed by atoms with E-state index in [2.05, 4.69) is 54.2 Å². The van der Waals surface area contributed by atoms with Crippen LogP contribution in [0.1, 0.15) is 69.9 Å². The maximum Gasteiger partial charge on any atom is 0.306 e. The molecule has 1 aliphatic carbocycles. The van der Waals surface area contributed by atoms with E-state index in [1.165, 1.54) is 12.8 Å². The van der Waals surface area contributed by atoms with Crippen molar-refractivity contribution in [2.45, 2.75) is 77.5 Å². The molecule has 0 amide bonds. The van der Waals surface area contributed by atoms with Crippen LogP contribution in [-0.4, -0.2) is 51.0 Å². The molecule has 2 aromatic rings. The first-order chi connectivity index (χ1) is 17.3. The fraction of sp³-hybridized carbons (Fsp3) is 0.586. The van der Waals surface area contributed by atoms with Gasteiger partial charge >= 0.3 is 5.97 Å². The molecule has 0 unspecified atom stereocenters. The SMILES string of the molecule is COCc1ccc(Nc2cc([C@H](C)CC(=O)OC)ccc2N(CC(C)C)C2CCC(OC)CC2)nc1. The lowest BCUT2D eigenvalue weighted by atomic mass is 9.90. The Kier molecular flexibility index (Phi) is 10.6. The summed E-state index contributed by atoms with van der Waals surface area (Å²) in [6.45, 7) is 8.10. The molecule has 36 heavy (non-hydrogen) atoms. The Labute approximate surface area is 216 Å². The fourth-order valence-corrected chi connectivity index (χ4v) is 4.98. The summed E-state index contributed by atoms with van der Waals surface area (Å²) < 4.78 is 15.8. The summed E-state index contributed by atoms with van der Waals surface area (Å²) in [6, 6.07) is 11.0. The molecule has 1 aromatic heterocycles. The summed E-state index contributed by atoms with van der Waals surface area (Å²) >= 11 is 0. The Hall–Kier alpha value is -2.64. The van der Waals surface area contributed by atoms with Crippen molar-refractivity contribution in [3.8, 4) is 0 Å². The number of carbonyl (C=O) groups is 1. The summed E-state index contributed by atoms with van der Waals surface area (Å²) in [5, 5.41) is 3.58. The third-order valence-electron chi connectivity index (χ3n) is 6.98. The van der Waals surface area contributed by atoms with Crippen LogP contribution in [0.3, 0.4) is 0 Å². The quantitative estimate of drug-likeness (QED) is 0.357. The van der Waals surface area contributed by atoms with E-state index in [1.807, 2.05) is 25.4 Å². The van der Waals surface area contributed by atoms with Crippen LogP contribution < -0.4 is 10.2 Å². The van der Waals surface area contributed by atoms with E-state index < -0.39 is 0 Å². The van der Waals surface area contributed by atoms with Crippen molar-refractivity contribution in [1.29, 1.82) is 0 Å². The molecular weight excluding hydrogens is 454 g/mol. The van der Waals surface area contributed by atoms with Crippen molar-refractivity contribution in [3.63, 3.8) is 0 Å². The summed E-state index contributed by atoms with van der Waals surface area (Å²) in [5.41, 5.74) is 4.29. The molecule has 0 radical (unpaired) electrons. The van der Waals surface area contributed by atoms with Crippen LogP contribution in [0.15, 0.2) is 36.5 Å². The third kappa shape index (κ3) is 7.68. The first-order valence-electron chi connectivity index (χ1n) is 13.1. The zero-order chi connectivity index (χ0) is 26.1. The van der Waals surface area contributed by atoms with Gasteiger partial charge in [-0.2, -0.15) is 0 Å². The molecule has 198 valence electrons. The monoisotopic (exact) mass is 497 g/mol. The molecule has 0 spiro atoms. The lowest BCUT2D eigenvalue weighted by Gasteiger charge is -2.40. The highest BCUT2D eigenvalue weighted by atomic mass is 16.5. The van der Waals surface area contributed by atoms with E-state index in [-0.39, 0.29) is 11.9 Å². The van der Waals surface area contributed by atoms with E-state index in [0.29, 0.717) is 31.1 Å². The maximum absolute atomic E-state index is 11.9. The van der Waals surface area contributed by atoms with Gasteiger partial charge < -0.3 is 24.4 Å². The minimum atomic E-state index is -0.201. The van der Waals surface area contributed by atoms with Crippen molar-refractivity contribution in [1.82, 2.24) is 4.98 Å². The molecule has 0 bridgehead atoms. The topological polar surface area (TPSA) is 72.9 Å². The largest absolute Gasteiger partial charge is 0.469 e. The molecule has 1 aliphatic rings. The fourth-order valence-electron chi connectivity index (χ4n) is 4.98. The zero-order valence-electron chi connectivity index (χ0n) is 22.8. The Balaban J connectivity index is 1.96. The minimum absolute atomic E-state index is 0.0415. The molecule has 7 nitrogen and oxygen atoms in total. The molecular formula is C29H43N3O4. The molecule has 1 aromatic carbocycles. The predicted molar refractivity (Wildman–Crippen MR) is 145 cm³/mol. The van der Waals surface area contributed by atoms with Gasteiger partial charge in [0.25, 0.3) is 0 Å². The third-order valence-corrected chi connectivity index (χ3v) is 6.98. The second-order valence-electron chi connectivity index (χ2n) is 10.3. The maximum atomic E-state index is 11.9. The summed E-state index contributed by atoms with van der Waals surface area (Å²) in [6.07, 6.45) is 6.91. The average molecular weight is 498 g/mol. The van der Waals surface area contributed by atoms with E-state index in [1.54, 1.807) is 7.11 Å². The van der Waals surface area contributed by atoms with Gasteiger partial charge in [-0.25, -0.2) is 4.98 Å². The number of nitrogens with zero attached hydrogens (tertiary/aromatic N) is 2. The summed E-state index contributed by atoms with van der Waals surface area (Å²) in [7, 11) is 4.94. The van der Waals surface area contributed by atoms with Crippen molar-refractivity contribution >= 4 is 23.2 Å². The molecule has 1 heterocycles. The lowest BCUT2D eigenvalue weighted by molar-refractivity contribution is -0.140. The highest BCUT2D eigenvalue weighted by molar-refractivity contribution is 5.76. The number of anilines is 3. The Morgan fingerprint density at radius 3 is 2.42 bits per heavy atom. The zero-order valence-corrected chi connectivity index (χ0v) is 22.8. The molecule has 1 fully saturated rings. The Morgan fingerprint density at radius 2 is 1.83 bits per heavy atom. The predicted octanol–water partition coefficient (Wildman–Crippen LogP) is 6.06. The Bertz CT molecular complexity index is 955. The molecule has 0 saturated heterocycles. The van der Waals surface area contributed by atoms with Crippen LogP contribution in [0.25, 0.3) is 0 Å². The van der Waals surface area contributed by atoms with Crippen LogP contribution >= 0.6 is 0 Å².